The zero-order chi connectivity index (χ0) is 18.2. The zero-order valence-corrected chi connectivity index (χ0v) is 14.8. The molecule has 0 N–H and O–H groups in total. The SMILES string of the molecule is O=C(OCCN1C(=O)c2ccccc2S1(=O)=O)c1cc(Cl)nc(Cl)c1. The molecule has 2 aromatic rings. The fourth-order valence-electron chi connectivity index (χ4n) is 2.34. The Bertz CT molecular complexity index is 957. The second-order valence-corrected chi connectivity index (χ2v) is 7.62. The van der Waals surface area contributed by atoms with Gasteiger partial charge in [-0.25, -0.2) is 22.5 Å². The molecule has 0 bridgehead atoms. The predicted molar refractivity (Wildman–Crippen MR) is 89.2 cm³/mol. The van der Waals surface area contributed by atoms with Gasteiger partial charge in [-0.15, -0.1) is 0 Å². The van der Waals surface area contributed by atoms with Crippen LogP contribution in [0.4, 0.5) is 0 Å². The van der Waals surface area contributed by atoms with Gasteiger partial charge in [0.15, 0.2) is 0 Å². The Kier molecular flexibility index (Phi) is 4.68. The number of rotatable bonds is 4. The Morgan fingerprint density at radius 3 is 2.44 bits per heavy atom. The number of hydrogen-bond acceptors (Lipinski definition) is 6. The minimum atomic E-state index is -3.93. The van der Waals surface area contributed by atoms with E-state index in [2.05, 4.69) is 4.98 Å². The van der Waals surface area contributed by atoms with Gasteiger partial charge in [-0.05, 0) is 24.3 Å². The summed E-state index contributed by atoms with van der Waals surface area (Å²) in [6, 6.07) is 8.43. The minimum absolute atomic E-state index is 0.0206. The third-order valence-electron chi connectivity index (χ3n) is 3.44. The van der Waals surface area contributed by atoms with E-state index in [0.717, 1.165) is 0 Å². The van der Waals surface area contributed by atoms with E-state index in [1.54, 1.807) is 6.07 Å². The number of carbonyl (C=O) groups is 2. The summed E-state index contributed by atoms with van der Waals surface area (Å²) in [5.41, 5.74) is 0.172. The molecule has 0 atom stereocenters. The van der Waals surface area contributed by atoms with E-state index in [1.165, 1.54) is 30.3 Å². The average Bonchev–Trinajstić information content (AvgIpc) is 2.75. The van der Waals surface area contributed by atoms with E-state index < -0.39 is 21.9 Å². The van der Waals surface area contributed by atoms with Crippen molar-refractivity contribution in [2.45, 2.75) is 4.90 Å². The van der Waals surface area contributed by atoms with Crippen molar-refractivity contribution in [3.63, 3.8) is 0 Å². The van der Waals surface area contributed by atoms with Gasteiger partial charge in [0, 0.05) is 0 Å². The molecule has 1 aliphatic heterocycles. The van der Waals surface area contributed by atoms with E-state index in [0.29, 0.717) is 4.31 Å². The monoisotopic (exact) mass is 400 g/mol. The molecule has 1 aromatic carbocycles. The van der Waals surface area contributed by atoms with E-state index in [9.17, 15) is 18.0 Å². The van der Waals surface area contributed by atoms with Crippen LogP contribution in [0.25, 0.3) is 0 Å². The second kappa shape index (κ2) is 6.62. The van der Waals surface area contributed by atoms with Crippen LogP contribution in [0.15, 0.2) is 41.3 Å². The summed E-state index contributed by atoms with van der Waals surface area (Å²) in [5, 5.41) is 0.0411. The van der Waals surface area contributed by atoms with Crippen molar-refractivity contribution in [1.29, 1.82) is 0 Å². The molecule has 2 heterocycles. The third kappa shape index (κ3) is 3.33. The molecule has 1 aromatic heterocycles. The van der Waals surface area contributed by atoms with Crippen molar-refractivity contribution in [3.05, 3.63) is 57.8 Å². The Balaban J connectivity index is 1.69. The standard InChI is InChI=1S/C15H10Cl2N2O5S/c16-12-7-9(8-13(17)18-12)15(21)24-6-5-19-14(20)10-3-1-2-4-11(10)25(19,22)23/h1-4,7-8H,5-6H2. The summed E-state index contributed by atoms with van der Waals surface area (Å²) in [4.78, 5) is 27.8. The van der Waals surface area contributed by atoms with Crippen molar-refractivity contribution in [2.75, 3.05) is 13.2 Å². The van der Waals surface area contributed by atoms with E-state index in [-0.39, 0.29) is 39.5 Å². The summed E-state index contributed by atoms with van der Waals surface area (Å²) in [7, 11) is -3.93. The number of carbonyl (C=O) groups excluding carboxylic acids is 2. The van der Waals surface area contributed by atoms with E-state index >= 15 is 0 Å². The lowest BCUT2D eigenvalue weighted by Crippen LogP contribution is -2.33. The first-order chi connectivity index (χ1) is 11.8. The number of ether oxygens (including phenoxy) is 1. The molecule has 130 valence electrons. The normalized spacial score (nSPS) is 15.1. The number of sulfonamides is 1. The van der Waals surface area contributed by atoms with Crippen molar-refractivity contribution >= 4 is 45.1 Å². The molecule has 0 fully saturated rings. The molecular formula is C15H10Cl2N2O5S. The van der Waals surface area contributed by atoms with Gasteiger partial charge in [0.2, 0.25) is 0 Å². The van der Waals surface area contributed by atoms with Crippen LogP contribution in [-0.2, 0) is 14.8 Å². The first kappa shape index (κ1) is 17.7. The lowest BCUT2D eigenvalue weighted by Gasteiger charge is -2.15. The molecule has 1 aliphatic rings. The summed E-state index contributed by atoms with van der Waals surface area (Å²) >= 11 is 11.4. The summed E-state index contributed by atoms with van der Waals surface area (Å²) in [5.74, 6) is -1.41. The fourth-order valence-corrected chi connectivity index (χ4v) is 4.35. The Labute approximate surface area is 153 Å². The maximum absolute atomic E-state index is 12.4. The van der Waals surface area contributed by atoms with Crippen molar-refractivity contribution < 1.29 is 22.7 Å². The zero-order valence-electron chi connectivity index (χ0n) is 12.5. The maximum atomic E-state index is 12.4. The van der Waals surface area contributed by atoms with Crippen molar-refractivity contribution in [2.24, 2.45) is 0 Å². The number of halogens is 2. The number of aromatic nitrogens is 1. The van der Waals surface area contributed by atoms with Crippen LogP contribution in [0.2, 0.25) is 10.3 Å². The minimum Gasteiger partial charge on any atom is -0.460 e. The Morgan fingerprint density at radius 2 is 1.80 bits per heavy atom. The van der Waals surface area contributed by atoms with Crippen LogP contribution < -0.4 is 0 Å². The van der Waals surface area contributed by atoms with Crippen LogP contribution >= 0.6 is 23.2 Å². The molecule has 0 radical (unpaired) electrons. The van der Waals surface area contributed by atoms with Crippen LogP contribution in [0.5, 0.6) is 0 Å². The lowest BCUT2D eigenvalue weighted by atomic mass is 10.2. The van der Waals surface area contributed by atoms with Gasteiger partial charge < -0.3 is 4.74 Å². The highest BCUT2D eigenvalue weighted by atomic mass is 35.5. The van der Waals surface area contributed by atoms with Gasteiger partial charge in [-0.1, -0.05) is 35.3 Å². The number of esters is 1. The number of benzene rings is 1. The van der Waals surface area contributed by atoms with Gasteiger partial charge in [-0.3, -0.25) is 4.79 Å². The smallest absolute Gasteiger partial charge is 0.338 e. The van der Waals surface area contributed by atoms with E-state index in [4.69, 9.17) is 27.9 Å². The van der Waals surface area contributed by atoms with E-state index in [1.807, 2.05) is 0 Å². The lowest BCUT2D eigenvalue weighted by molar-refractivity contribution is 0.0477. The summed E-state index contributed by atoms with van der Waals surface area (Å²) in [6.07, 6.45) is 0. The average molecular weight is 401 g/mol. The number of pyridine rings is 1. The number of fused-ring (bicyclic) bond motifs is 1. The molecule has 1 amide bonds. The second-order valence-electron chi connectivity index (χ2n) is 5.02. The molecule has 7 nitrogen and oxygen atoms in total. The van der Waals surface area contributed by atoms with Gasteiger partial charge in [0.25, 0.3) is 15.9 Å². The summed E-state index contributed by atoms with van der Waals surface area (Å²) < 4.78 is 30.4. The molecule has 0 aliphatic carbocycles. The highest BCUT2D eigenvalue weighted by molar-refractivity contribution is 7.90. The summed E-state index contributed by atoms with van der Waals surface area (Å²) in [6.45, 7) is -0.608. The highest BCUT2D eigenvalue weighted by Crippen LogP contribution is 2.29. The first-order valence-corrected chi connectivity index (χ1v) is 9.16. The number of nitrogens with zero attached hydrogens (tertiary/aromatic N) is 2. The molecule has 0 spiro atoms. The van der Waals surface area contributed by atoms with Crippen molar-refractivity contribution in [3.8, 4) is 0 Å². The molecule has 3 rings (SSSR count). The van der Waals surface area contributed by atoms with Gasteiger partial charge in [0.1, 0.15) is 21.8 Å². The van der Waals surface area contributed by atoms with Gasteiger partial charge >= 0.3 is 5.97 Å². The van der Waals surface area contributed by atoms with Crippen LogP contribution in [0, 0.1) is 0 Å². The molecule has 0 saturated carbocycles. The number of amides is 1. The highest BCUT2D eigenvalue weighted by Gasteiger charge is 2.40. The third-order valence-corrected chi connectivity index (χ3v) is 5.67. The largest absolute Gasteiger partial charge is 0.460 e. The Morgan fingerprint density at radius 1 is 1.16 bits per heavy atom. The Hall–Kier alpha value is -2.16. The number of hydrogen-bond donors (Lipinski definition) is 0. The van der Waals surface area contributed by atoms with Gasteiger partial charge in [-0.2, -0.15) is 0 Å². The molecule has 10 heteroatoms. The molecular weight excluding hydrogens is 391 g/mol. The molecule has 0 saturated heterocycles. The maximum Gasteiger partial charge on any atom is 0.338 e. The fraction of sp³-hybridized carbons (Fsp3) is 0.133. The van der Waals surface area contributed by atoms with Crippen molar-refractivity contribution in [1.82, 2.24) is 9.29 Å². The topological polar surface area (TPSA) is 93.6 Å². The van der Waals surface area contributed by atoms with Gasteiger partial charge in [0.05, 0.1) is 17.7 Å². The molecule has 25 heavy (non-hydrogen) atoms. The quantitative estimate of drug-likeness (QED) is 0.577. The van der Waals surface area contributed by atoms with Crippen LogP contribution in [0.3, 0.4) is 0 Å². The van der Waals surface area contributed by atoms with Crippen LogP contribution in [-0.4, -0.2) is 42.7 Å². The van der Waals surface area contributed by atoms with Crippen LogP contribution in [0.1, 0.15) is 20.7 Å². The predicted octanol–water partition coefficient (Wildman–Crippen LogP) is 2.39. The molecule has 0 unspecified atom stereocenters. The first-order valence-electron chi connectivity index (χ1n) is 6.97.